The molecule has 3 rings (SSSR count). The molecule has 21 heavy (non-hydrogen) atoms. The molecule has 0 spiro atoms. The molecule has 1 aliphatic carbocycles. The number of fused-ring (bicyclic) bond motifs is 1. The maximum absolute atomic E-state index is 14.0. The molecule has 0 aromatic heterocycles. The van der Waals surface area contributed by atoms with Crippen LogP contribution in [-0.4, -0.2) is 34.5 Å². The van der Waals surface area contributed by atoms with Crippen LogP contribution in [0.3, 0.4) is 0 Å². The number of carbonyl (C=O) groups excluding carboxylic acids is 1. The fraction of sp³-hybridized carbons (Fsp3) is 0.500. The van der Waals surface area contributed by atoms with Crippen LogP contribution in [0.1, 0.15) is 35.2 Å². The van der Waals surface area contributed by atoms with Crippen LogP contribution in [0.4, 0.5) is 4.39 Å². The van der Waals surface area contributed by atoms with E-state index in [4.69, 9.17) is 0 Å². The lowest BCUT2D eigenvalue weighted by atomic mass is 9.94. The number of aryl methyl sites for hydroxylation is 1. The number of aliphatic carboxylic acids is 1. The minimum absolute atomic E-state index is 0.0139. The summed E-state index contributed by atoms with van der Waals surface area (Å²) >= 11 is 0. The van der Waals surface area contributed by atoms with Crippen molar-refractivity contribution in [3.8, 4) is 0 Å². The Morgan fingerprint density at radius 2 is 2.10 bits per heavy atom. The number of likely N-dealkylation sites (tertiary alicyclic amines) is 1. The molecule has 1 amide bonds. The number of rotatable bonds is 2. The largest absolute Gasteiger partial charge is 0.480 e. The second kappa shape index (κ2) is 5.13. The fourth-order valence-corrected chi connectivity index (χ4v) is 3.78. The van der Waals surface area contributed by atoms with E-state index in [0.29, 0.717) is 6.54 Å². The van der Waals surface area contributed by atoms with Gasteiger partial charge in [0.15, 0.2) is 0 Å². The summed E-state index contributed by atoms with van der Waals surface area (Å²) in [4.78, 5) is 25.4. The Labute approximate surface area is 122 Å². The lowest BCUT2D eigenvalue weighted by Gasteiger charge is -2.24. The molecule has 1 saturated heterocycles. The summed E-state index contributed by atoms with van der Waals surface area (Å²) in [6.45, 7) is 2.17. The number of benzene rings is 1. The average Bonchev–Trinajstić information content (AvgIpc) is 2.96. The minimum atomic E-state index is -0.981. The van der Waals surface area contributed by atoms with E-state index in [-0.39, 0.29) is 17.4 Å². The summed E-state index contributed by atoms with van der Waals surface area (Å²) in [6, 6.07) is 3.61. The van der Waals surface area contributed by atoms with Crippen LogP contribution in [0, 0.1) is 24.6 Å². The monoisotopic (exact) mass is 291 g/mol. The van der Waals surface area contributed by atoms with Crippen LogP contribution in [0.5, 0.6) is 0 Å². The van der Waals surface area contributed by atoms with Gasteiger partial charge in [0.1, 0.15) is 11.9 Å². The second-order valence-electron chi connectivity index (χ2n) is 6.08. The number of halogens is 1. The maximum atomic E-state index is 14.0. The van der Waals surface area contributed by atoms with Gasteiger partial charge in [-0.2, -0.15) is 0 Å². The molecule has 5 heteroatoms. The Bertz CT molecular complexity index is 601. The number of hydrogen-bond acceptors (Lipinski definition) is 2. The van der Waals surface area contributed by atoms with Crippen molar-refractivity contribution in [1.82, 2.24) is 4.90 Å². The molecular weight excluding hydrogens is 273 g/mol. The Morgan fingerprint density at radius 1 is 1.33 bits per heavy atom. The molecule has 1 saturated carbocycles. The summed E-state index contributed by atoms with van der Waals surface area (Å²) in [5.74, 6) is -1.82. The molecule has 2 fully saturated rings. The molecule has 1 aliphatic heterocycles. The molecule has 1 heterocycles. The molecule has 2 aliphatic rings. The first kappa shape index (κ1) is 14.0. The first-order chi connectivity index (χ1) is 9.99. The Morgan fingerprint density at radius 3 is 2.76 bits per heavy atom. The van der Waals surface area contributed by atoms with Gasteiger partial charge in [0.2, 0.25) is 0 Å². The Kier molecular flexibility index (Phi) is 3.43. The van der Waals surface area contributed by atoms with Gasteiger partial charge in [0.05, 0.1) is 5.56 Å². The molecule has 4 nitrogen and oxygen atoms in total. The standard InChI is InChI=1S/C16H18FNO3/c1-9-5-6-12(13(17)7-9)15(19)18-8-10-3-2-4-11(10)14(18)16(20)21/h5-7,10-11,14H,2-4,8H2,1H3,(H,20,21). The summed E-state index contributed by atoms with van der Waals surface area (Å²) in [5.41, 5.74) is 0.698. The number of nitrogens with zero attached hydrogens (tertiary/aromatic N) is 1. The van der Waals surface area contributed by atoms with Gasteiger partial charge in [0, 0.05) is 6.54 Å². The molecule has 112 valence electrons. The second-order valence-corrected chi connectivity index (χ2v) is 6.08. The highest BCUT2D eigenvalue weighted by Gasteiger charge is 2.49. The fourth-order valence-electron chi connectivity index (χ4n) is 3.78. The van der Waals surface area contributed by atoms with Crippen LogP contribution in [0.25, 0.3) is 0 Å². The lowest BCUT2D eigenvalue weighted by molar-refractivity contribution is -0.142. The molecule has 3 unspecified atom stereocenters. The maximum Gasteiger partial charge on any atom is 0.326 e. The zero-order valence-corrected chi connectivity index (χ0v) is 11.9. The molecule has 1 N–H and O–H groups in total. The molecular formula is C16H18FNO3. The van der Waals surface area contributed by atoms with E-state index in [2.05, 4.69) is 0 Å². The third-order valence-electron chi connectivity index (χ3n) is 4.76. The quantitative estimate of drug-likeness (QED) is 0.910. The zero-order chi connectivity index (χ0) is 15.1. The lowest BCUT2D eigenvalue weighted by Crippen LogP contribution is -2.43. The van der Waals surface area contributed by atoms with Crippen molar-refractivity contribution in [2.24, 2.45) is 11.8 Å². The van der Waals surface area contributed by atoms with Crippen molar-refractivity contribution in [2.75, 3.05) is 6.54 Å². The van der Waals surface area contributed by atoms with Gasteiger partial charge in [-0.15, -0.1) is 0 Å². The van der Waals surface area contributed by atoms with Crippen LogP contribution in [-0.2, 0) is 4.79 Å². The number of carboxylic acids is 1. The van der Waals surface area contributed by atoms with Gasteiger partial charge in [-0.3, -0.25) is 4.79 Å². The highest BCUT2D eigenvalue weighted by atomic mass is 19.1. The van der Waals surface area contributed by atoms with Gasteiger partial charge < -0.3 is 10.0 Å². The average molecular weight is 291 g/mol. The van der Waals surface area contributed by atoms with E-state index in [1.807, 2.05) is 0 Å². The third kappa shape index (κ3) is 2.30. The smallest absolute Gasteiger partial charge is 0.326 e. The van der Waals surface area contributed by atoms with E-state index in [0.717, 1.165) is 24.8 Å². The van der Waals surface area contributed by atoms with E-state index < -0.39 is 23.7 Å². The first-order valence-electron chi connectivity index (χ1n) is 7.29. The van der Waals surface area contributed by atoms with Crippen molar-refractivity contribution in [3.63, 3.8) is 0 Å². The summed E-state index contributed by atoms with van der Waals surface area (Å²) < 4.78 is 14.0. The highest BCUT2D eigenvalue weighted by molar-refractivity contribution is 5.97. The van der Waals surface area contributed by atoms with E-state index in [9.17, 15) is 19.1 Å². The van der Waals surface area contributed by atoms with Crippen molar-refractivity contribution < 1.29 is 19.1 Å². The van der Waals surface area contributed by atoms with Gasteiger partial charge in [-0.05, 0) is 49.3 Å². The number of carbonyl (C=O) groups is 2. The van der Waals surface area contributed by atoms with E-state index >= 15 is 0 Å². The van der Waals surface area contributed by atoms with Crippen molar-refractivity contribution in [3.05, 3.63) is 35.1 Å². The van der Waals surface area contributed by atoms with Crippen LogP contribution >= 0.6 is 0 Å². The summed E-state index contributed by atoms with van der Waals surface area (Å²) in [6.07, 6.45) is 2.80. The predicted molar refractivity (Wildman–Crippen MR) is 74.4 cm³/mol. The Balaban J connectivity index is 1.91. The third-order valence-corrected chi connectivity index (χ3v) is 4.76. The van der Waals surface area contributed by atoms with Gasteiger partial charge >= 0.3 is 5.97 Å². The molecule has 3 atom stereocenters. The SMILES string of the molecule is Cc1ccc(C(=O)N2CC3CCCC3C2C(=O)O)c(F)c1. The molecule has 0 bridgehead atoms. The number of carboxylic acid groups (broad SMARTS) is 1. The highest BCUT2D eigenvalue weighted by Crippen LogP contribution is 2.42. The van der Waals surface area contributed by atoms with Crippen LogP contribution in [0.15, 0.2) is 18.2 Å². The minimum Gasteiger partial charge on any atom is -0.480 e. The van der Waals surface area contributed by atoms with Crippen molar-refractivity contribution in [2.45, 2.75) is 32.2 Å². The van der Waals surface area contributed by atoms with E-state index in [1.54, 1.807) is 13.0 Å². The number of hydrogen-bond donors (Lipinski definition) is 1. The topological polar surface area (TPSA) is 57.6 Å². The Hall–Kier alpha value is -1.91. The van der Waals surface area contributed by atoms with Crippen molar-refractivity contribution in [1.29, 1.82) is 0 Å². The normalized spacial score (nSPS) is 27.7. The number of amides is 1. The summed E-state index contributed by atoms with van der Waals surface area (Å²) in [5, 5.41) is 9.45. The predicted octanol–water partition coefficient (Wildman–Crippen LogP) is 2.46. The molecule has 1 aromatic carbocycles. The van der Waals surface area contributed by atoms with Crippen molar-refractivity contribution >= 4 is 11.9 Å². The molecule has 0 radical (unpaired) electrons. The summed E-state index contributed by atoms with van der Waals surface area (Å²) in [7, 11) is 0. The van der Waals surface area contributed by atoms with Gasteiger partial charge in [0.25, 0.3) is 5.91 Å². The van der Waals surface area contributed by atoms with E-state index in [1.165, 1.54) is 17.0 Å². The van der Waals surface area contributed by atoms with Gasteiger partial charge in [-0.1, -0.05) is 12.5 Å². The van der Waals surface area contributed by atoms with Gasteiger partial charge in [-0.25, -0.2) is 9.18 Å². The zero-order valence-electron chi connectivity index (χ0n) is 11.9. The van der Waals surface area contributed by atoms with Crippen LogP contribution in [0.2, 0.25) is 0 Å². The molecule has 1 aromatic rings. The van der Waals surface area contributed by atoms with Crippen LogP contribution < -0.4 is 0 Å². The first-order valence-corrected chi connectivity index (χ1v) is 7.29.